The Hall–Kier alpha value is -5.34. The molecule has 4 rings (SSSR count). The number of methoxy groups -OCH3 is 1. The second kappa shape index (κ2) is 54.3. The van der Waals surface area contributed by atoms with E-state index in [4.69, 9.17) is 20.0 Å². The zero-order valence-electron chi connectivity index (χ0n) is 76.0. The largest absolute Gasteiger partial charge is 0.383 e. The maximum absolute atomic E-state index is 12.1. The van der Waals surface area contributed by atoms with Gasteiger partial charge in [-0.25, -0.2) is 0 Å². The lowest BCUT2D eigenvalue weighted by molar-refractivity contribution is -0.148. The summed E-state index contributed by atoms with van der Waals surface area (Å²) in [7, 11) is 1.66. The van der Waals surface area contributed by atoms with E-state index in [2.05, 4.69) is 117 Å². The van der Waals surface area contributed by atoms with Crippen molar-refractivity contribution in [3.05, 3.63) is 0 Å². The zero-order chi connectivity index (χ0) is 84.6. The van der Waals surface area contributed by atoms with Crippen molar-refractivity contribution < 1.29 is 47.8 Å². The quantitative estimate of drug-likeness (QED) is 0.0736. The summed E-state index contributed by atoms with van der Waals surface area (Å²) in [6.07, 6.45) is 6.18. The lowest BCUT2D eigenvalue weighted by atomic mass is 9.90. The molecule has 0 aromatic carbocycles. The third-order valence-corrected chi connectivity index (χ3v) is 18.5. The molecule has 4 fully saturated rings. The van der Waals surface area contributed by atoms with Crippen molar-refractivity contribution in [1.82, 2.24) is 39.6 Å². The summed E-state index contributed by atoms with van der Waals surface area (Å²) in [5.41, 5.74) is -1.44. The molecular formula is C87H168N10O10. The van der Waals surface area contributed by atoms with Crippen LogP contribution in [-0.2, 0) is 47.8 Å². The average molecular weight is 1510 g/mol. The molecule has 4 aliphatic rings. The van der Waals surface area contributed by atoms with Crippen LogP contribution in [0.4, 0.5) is 0 Å². The Morgan fingerprint density at radius 3 is 1.18 bits per heavy atom. The third kappa shape index (κ3) is 43.7. The van der Waals surface area contributed by atoms with Gasteiger partial charge in [0.1, 0.15) is 11.1 Å². The van der Waals surface area contributed by atoms with Gasteiger partial charge in [-0.2, -0.15) is 10.5 Å². The highest BCUT2D eigenvalue weighted by Gasteiger charge is 2.39. The molecule has 20 nitrogen and oxygen atoms in total. The van der Waals surface area contributed by atoms with E-state index in [1.54, 1.807) is 44.6 Å². The summed E-state index contributed by atoms with van der Waals surface area (Å²) in [5.74, 6) is 6.77. The van der Waals surface area contributed by atoms with Gasteiger partial charge in [-0.3, -0.25) is 38.4 Å². The first-order valence-corrected chi connectivity index (χ1v) is 41.3. The normalized spacial score (nSPS) is 15.9. The molecule has 626 valence electrons. The van der Waals surface area contributed by atoms with E-state index < -0.39 is 11.1 Å². The van der Waals surface area contributed by atoms with E-state index in [1.165, 1.54) is 32.1 Å². The molecule has 107 heavy (non-hydrogen) atoms. The first kappa shape index (κ1) is 108. The van der Waals surface area contributed by atoms with E-state index in [-0.39, 0.29) is 82.9 Å². The van der Waals surface area contributed by atoms with Crippen molar-refractivity contribution in [2.24, 2.45) is 94.7 Å². The Kier molecular flexibility index (Phi) is 54.8. The highest BCUT2D eigenvalue weighted by Crippen LogP contribution is 2.36. The molecule has 0 radical (unpaired) electrons. The number of nitriles is 2. The maximum Gasteiger partial charge on any atom is 0.226 e. The Morgan fingerprint density at radius 2 is 0.879 bits per heavy atom. The highest BCUT2D eigenvalue weighted by atomic mass is 16.5. The predicted molar refractivity (Wildman–Crippen MR) is 442 cm³/mol. The second-order valence-corrected chi connectivity index (χ2v) is 36.7. The van der Waals surface area contributed by atoms with Crippen molar-refractivity contribution in [3.8, 4) is 12.1 Å². The summed E-state index contributed by atoms with van der Waals surface area (Å²) in [5, 5.41) is 20.9. The second-order valence-electron chi connectivity index (χ2n) is 36.7. The van der Waals surface area contributed by atoms with Crippen LogP contribution in [0.1, 0.15) is 288 Å². The van der Waals surface area contributed by atoms with Gasteiger partial charge < -0.3 is 49.1 Å². The molecule has 0 aromatic heterocycles. The standard InChI is InChI=1S/C13H25NO.C12H22N2O.C11H20N2O.C11H21NO2.C11H23NO2.C11H21NO.C10H19NO.C8H17NO/c1-9(2)8-14(13(15)10(3)4)11(5)12-6-7-12;1-9(2)7-14(11(15)10(3)4)12(5,6)8-13;1-8(2)10(14)13(9(3)4)11(5,6)7-12;1-8(2)5-12(10-6-14-7-10)11(13)9(3)4;1-9(2)8-12(6-7-14-5)11(13)10(3)4;1-8(2)10-6-5-7-12(10)11(13)9(3)4;1-7(2)9-5-6-11(9)10(12)8(3)4;1-6(2)5-9-8(10)7(3)4/h9-12H,6-8H2,1-5H3;9-10H,7H2,1-6H3;8-9H,1-6H3;8-10H,5-7H2,1-4H3;9-10H,6-8H2,1-5H3;8-10H,5-7H2,1-4H3;7-9H,5-6H2,1-4H3;6-7H,5H2,1-4H3,(H,9,10). The van der Waals surface area contributed by atoms with Gasteiger partial charge in [-0.1, -0.05) is 208 Å². The van der Waals surface area contributed by atoms with Crippen LogP contribution < -0.4 is 5.32 Å². The molecule has 20 heteroatoms. The molecule has 3 atom stereocenters. The lowest BCUT2D eigenvalue weighted by Gasteiger charge is -2.44. The molecular weight excluding hydrogens is 1350 g/mol. The molecule has 3 saturated heterocycles. The van der Waals surface area contributed by atoms with E-state index in [9.17, 15) is 38.4 Å². The van der Waals surface area contributed by atoms with Crippen LogP contribution in [0.3, 0.4) is 0 Å². The molecule has 0 bridgehead atoms. The van der Waals surface area contributed by atoms with Crippen molar-refractivity contribution in [2.45, 2.75) is 330 Å². The number of hydrogen-bond acceptors (Lipinski definition) is 12. The predicted octanol–water partition coefficient (Wildman–Crippen LogP) is 16.4. The molecule has 1 aliphatic carbocycles. The summed E-state index contributed by atoms with van der Waals surface area (Å²) >= 11 is 0. The van der Waals surface area contributed by atoms with Gasteiger partial charge in [0.15, 0.2) is 0 Å². The molecule has 1 saturated carbocycles. The Balaban J connectivity index is -0.000000568. The van der Waals surface area contributed by atoms with Gasteiger partial charge in [0.2, 0.25) is 47.3 Å². The van der Waals surface area contributed by atoms with E-state index >= 15 is 0 Å². The number of carbonyl (C=O) groups is 8. The Bertz CT molecular complexity index is 2600. The molecule has 3 unspecified atom stereocenters. The van der Waals surface area contributed by atoms with Crippen LogP contribution in [0, 0.1) is 117 Å². The van der Waals surface area contributed by atoms with Crippen LogP contribution in [0.15, 0.2) is 0 Å². The fourth-order valence-corrected chi connectivity index (χ4v) is 12.0. The van der Waals surface area contributed by atoms with Gasteiger partial charge in [0.05, 0.1) is 38.0 Å². The fourth-order valence-electron chi connectivity index (χ4n) is 12.0. The highest BCUT2D eigenvalue weighted by molar-refractivity contribution is 5.82. The van der Waals surface area contributed by atoms with Crippen LogP contribution in [0.2, 0.25) is 0 Å². The number of carbonyl (C=O) groups excluding carboxylic acids is 8. The number of nitrogens with one attached hydrogen (secondary N) is 1. The minimum absolute atomic E-state index is 0.0338. The van der Waals surface area contributed by atoms with Crippen LogP contribution >= 0.6 is 0 Å². The minimum atomic E-state index is -0.727. The van der Waals surface area contributed by atoms with Gasteiger partial charge in [0, 0.05) is 131 Å². The third-order valence-electron chi connectivity index (χ3n) is 18.5. The SMILES string of the molecule is CC(C)C(=O)N(C(C)C)C(C)(C)C#N.CC(C)C(=O)N1CCC1C(C)C.CC(C)C(=O)N1CCCC1C(C)C.CC(C)CN(C(=O)C(C)C)C(C)(C)C#N.CC(C)CN(C(=O)C(C)C)C(C)C1CC1.CC(C)CN(C(=O)C(C)C)C1COC1.CC(C)CNC(=O)C(C)C.COCCN(CC(C)C)C(=O)C(C)C. The van der Waals surface area contributed by atoms with Gasteiger partial charge in [-0.15, -0.1) is 0 Å². The Labute approximate surface area is 657 Å². The van der Waals surface area contributed by atoms with Crippen molar-refractivity contribution in [3.63, 3.8) is 0 Å². The molecule has 1 N–H and O–H groups in total. The molecule has 3 aliphatic heterocycles. The van der Waals surface area contributed by atoms with Crippen molar-refractivity contribution >= 4 is 47.3 Å². The summed E-state index contributed by atoms with van der Waals surface area (Å²) in [6, 6.07) is 6.19. The van der Waals surface area contributed by atoms with E-state index in [0.29, 0.717) is 116 Å². The van der Waals surface area contributed by atoms with Crippen LogP contribution in [0.25, 0.3) is 0 Å². The minimum Gasteiger partial charge on any atom is -0.383 e. The molecule has 8 amide bonds. The first-order valence-electron chi connectivity index (χ1n) is 41.3. The lowest BCUT2D eigenvalue weighted by Crippen LogP contribution is -2.54. The Morgan fingerprint density at radius 1 is 0.467 bits per heavy atom. The topological polar surface area (TPSA) is 237 Å². The fraction of sp³-hybridized carbons (Fsp3) is 0.885. The van der Waals surface area contributed by atoms with Crippen LogP contribution in [0.5, 0.6) is 0 Å². The number of amides is 8. The van der Waals surface area contributed by atoms with Gasteiger partial charge in [-0.05, 0) is 128 Å². The number of nitrogens with zero attached hydrogens (tertiary/aromatic N) is 9. The first-order chi connectivity index (χ1) is 49.0. The zero-order valence-corrected chi connectivity index (χ0v) is 76.0. The van der Waals surface area contributed by atoms with Gasteiger partial charge in [0.25, 0.3) is 0 Å². The summed E-state index contributed by atoms with van der Waals surface area (Å²) in [4.78, 5) is 107. The number of likely N-dealkylation sites (tertiary alicyclic amines) is 2. The molecule has 0 aromatic rings. The number of hydrogen-bond donors (Lipinski definition) is 1. The maximum atomic E-state index is 12.1. The number of rotatable bonds is 29. The summed E-state index contributed by atoms with van der Waals surface area (Å²) < 4.78 is 10.1. The molecule has 3 heterocycles. The van der Waals surface area contributed by atoms with E-state index in [1.807, 2.05) is 153 Å². The summed E-state index contributed by atoms with van der Waals surface area (Å²) in [6.45, 7) is 82.7. The number of ether oxygens (including phenoxy) is 2. The smallest absolute Gasteiger partial charge is 0.226 e. The van der Waals surface area contributed by atoms with Gasteiger partial charge >= 0.3 is 0 Å². The van der Waals surface area contributed by atoms with Crippen molar-refractivity contribution in [1.29, 1.82) is 10.5 Å². The van der Waals surface area contributed by atoms with E-state index in [0.717, 1.165) is 45.2 Å². The van der Waals surface area contributed by atoms with Crippen LogP contribution in [-0.4, -0.2) is 202 Å². The van der Waals surface area contributed by atoms with Crippen molar-refractivity contribution in [2.75, 3.05) is 79.3 Å². The average Bonchev–Trinajstić information content (AvgIpc) is 1.52. The molecule has 0 spiro atoms. The monoisotopic (exact) mass is 1510 g/mol.